The number of allylic oxidation sites excluding steroid dienone is 2. The molecule has 8 aromatic rings. The molecule has 76 heavy (non-hydrogen) atoms. The monoisotopic (exact) mass is 1030 g/mol. The van der Waals surface area contributed by atoms with Gasteiger partial charge < -0.3 is 28.7 Å². The van der Waals surface area contributed by atoms with Crippen LogP contribution in [-0.4, -0.2) is 44.6 Å². The van der Waals surface area contributed by atoms with Crippen molar-refractivity contribution in [2.75, 3.05) is 38.2 Å². The molecule has 0 aliphatic heterocycles. The van der Waals surface area contributed by atoms with Crippen LogP contribution in [0.25, 0.3) is 11.1 Å². The van der Waals surface area contributed by atoms with E-state index in [1.54, 1.807) is 28.4 Å². The van der Waals surface area contributed by atoms with Gasteiger partial charge in [-0.3, -0.25) is 0 Å². The average Bonchev–Trinajstić information content (AvgIpc) is 3.45. The molecule has 0 atom stereocenters. The molecule has 0 aromatic heterocycles. The van der Waals surface area contributed by atoms with E-state index in [1.165, 1.54) is 0 Å². The summed E-state index contributed by atoms with van der Waals surface area (Å²) in [5.74, 6) is 24.3. The average molecular weight is 1030 g/mol. The lowest BCUT2D eigenvalue weighted by Crippen LogP contribution is -2.16. The quantitative estimate of drug-likeness (QED) is 0.0690. The van der Waals surface area contributed by atoms with Crippen molar-refractivity contribution in [3.63, 3.8) is 0 Å². The number of hydrogen-bond donors (Lipinski definition) is 0. The molecule has 0 heterocycles. The molecule has 376 valence electrons. The lowest BCUT2D eigenvalue weighted by Gasteiger charge is -2.26. The van der Waals surface area contributed by atoms with Crippen LogP contribution >= 0.6 is 0 Å². The zero-order valence-corrected chi connectivity index (χ0v) is 47.0. The van der Waals surface area contributed by atoms with E-state index in [2.05, 4.69) is 217 Å². The first-order valence-corrected chi connectivity index (χ1v) is 32.1. The van der Waals surface area contributed by atoms with Crippen LogP contribution in [0.4, 0.5) is 34.1 Å². The highest BCUT2D eigenvalue weighted by Gasteiger charge is 2.18. The van der Waals surface area contributed by atoms with Crippen LogP contribution in [0, 0.1) is 46.6 Å². The van der Waals surface area contributed by atoms with Gasteiger partial charge in [0.1, 0.15) is 39.1 Å². The molecule has 0 fully saturated rings. The third-order valence-corrected chi connectivity index (χ3v) is 13.7. The molecule has 8 heteroatoms. The second-order valence-electron chi connectivity index (χ2n) is 20.0. The Morgan fingerprint density at radius 2 is 0.500 bits per heavy atom. The smallest absolute Gasteiger partial charge is 0.129 e. The van der Waals surface area contributed by atoms with Gasteiger partial charge in [0, 0.05) is 67.5 Å². The van der Waals surface area contributed by atoms with E-state index in [4.69, 9.17) is 18.9 Å². The highest BCUT2D eigenvalue weighted by atomic mass is 28.3. The van der Waals surface area contributed by atoms with Crippen LogP contribution in [0.1, 0.15) is 33.4 Å². The van der Waals surface area contributed by atoms with Crippen molar-refractivity contribution in [2.24, 2.45) is 0 Å². The fourth-order valence-electron chi connectivity index (χ4n) is 7.99. The van der Waals surface area contributed by atoms with Crippen molar-refractivity contribution in [2.45, 2.75) is 39.3 Å². The molecule has 0 aliphatic carbocycles. The van der Waals surface area contributed by atoms with Gasteiger partial charge in [0.2, 0.25) is 0 Å². The Morgan fingerprint density at radius 3 is 0.711 bits per heavy atom. The Labute approximate surface area is 452 Å². The molecule has 0 amide bonds. The maximum atomic E-state index is 5.54. The molecular formula is C68H62N2O4Si2. The van der Waals surface area contributed by atoms with E-state index in [1.807, 2.05) is 72.8 Å². The van der Waals surface area contributed by atoms with Gasteiger partial charge in [-0.2, -0.15) is 0 Å². The van der Waals surface area contributed by atoms with E-state index in [0.717, 1.165) is 102 Å². The summed E-state index contributed by atoms with van der Waals surface area (Å²) in [7, 11) is 3.59. The largest absolute Gasteiger partial charge is 0.497 e. The standard InChI is InChI=1S/C68H62N2O4Si2/c1-71-63-37-29-59(30-38-63)69(60-31-39-64(72-2)40-32-60)57-25-21-55(22-26-57)67(45-19-51-11-15-53(16-12-51)47-49-75(5,6)7)68(46-20-52-13-17-54(18-14-52)48-50-76(8,9)10)56-23-27-58(28-24-56)70(61-33-41-65(73-3)42-34-61)62-35-43-66(74-4)44-36-62/h11-18,21-44H,1-10H3/b68-67+. The van der Waals surface area contributed by atoms with Gasteiger partial charge in [-0.1, -0.05) is 99.1 Å². The summed E-state index contributed by atoms with van der Waals surface area (Å²) < 4.78 is 22.2. The molecule has 0 aliphatic rings. The van der Waals surface area contributed by atoms with Gasteiger partial charge >= 0.3 is 0 Å². The highest BCUT2D eigenvalue weighted by Crippen LogP contribution is 2.40. The molecule has 0 bridgehead atoms. The first-order chi connectivity index (χ1) is 36.7. The molecule has 0 saturated carbocycles. The fourth-order valence-corrected chi connectivity index (χ4v) is 9.03. The maximum absolute atomic E-state index is 5.54. The van der Waals surface area contributed by atoms with E-state index in [9.17, 15) is 0 Å². The Bertz CT molecular complexity index is 3210. The van der Waals surface area contributed by atoms with Crippen molar-refractivity contribution in [3.05, 3.63) is 228 Å². The molecule has 8 rings (SSSR count). The molecular weight excluding hydrogens is 965 g/mol. The first-order valence-electron chi connectivity index (χ1n) is 25.1. The molecule has 0 saturated heterocycles. The van der Waals surface area contributed by atoms with Gasteiger partial charge in [-0.25, -0.2) is 0 Å². The van der Waals surface area contributed by atoms with Crippen LogP contribution in [0.5, 0.6) is 23.0 Å². The van der Waals surface area contributed by atoms with Crippen molar-refractivity contribution in [3.8, 4) is 69.6 Å². The summed E-state index contributed by atoms with van der Waals surface area (Å²) in [4.78, 5) is 4.41. The van der Waals surface area contributed by atoms with E-state index in [-0.39, 0.29) is 0 Å². The number of benzene rings is 8. The normalized spacial score (nSPS) is 11.1. The summed E-state index contributed by atoms with van der Waals surface area (Å²) in [6, 6.07) is 65.7. The Hall–Kier alpha value is -9.03. The summed E-state index contributed by atoms with van der Waals surface area (Å²) in [6.07, 6.45) is 0. The van der Waals surface area contributed by atoms with Crippen LogP contribution in [-0.2, 0) is 0 Å². The lowest BCUT2D eigenvalue weighted by molar-refractivity contribution is 0.414. The first kappa shape index (κ1) is 53.3. The number of hydrogen-bond acceptors (Lipinski definition) is 6. The van der Waals surface area contributed by atoms with Gasteiger partial charge in [0.15, 0.2) is 0 Å². The van der Waals surface area contributed by atoms with Crippen LogP contribution in [0.15, 0.2) is 194 Å². The lowest BCUT2D eigenvalue weighted by atomic mass is 9.93. The predicted octanol–water partition coefficient (Wildman–Crippen LogP) is 16.1. The van der Waals surface area contributed by atoms with Crippen LogP contribution in [0.2, 0.25) is 39.3 Å². The Morgan fingerprint density at radius 1 is 0.289 bits per heavy atom. The molecule has 0 radical (unpaired) electrons. The zero-order valence-electron chi connectivity index (χ0n) is 45.0. The van der Waals surface area contributed by atoms with E-state index in [0.29, 0.717) is 0 Å². The van der Waals surface area contributed by atoms with Crippen molar-refractivity contribution in [1.29, 1.82) is 0 Å². The number of rotatable bonds is 12. The SMILES string of the molecule is COc1ccc(N(c2ccc(OC)cc2)c2ccc(/C(C#Cc3ccc(C#C[Si](C)(C)C)cc3)=C(\C#Cc3ccc(C#C[Si](C)(C)C)cc3)c3ccc(N(c4ccc(OC)cc4)c4ccc(OC)cc4)cc3)cc2)cc1. The number of ether oxygens (including phenoxy) is 4. The van der Waals surface area contributed by atoms with E-state index >= 15 is 0 Å². The van der Waals surface area contributed by atoms with Crippen molar-refractivity contribution >= 4 is 61.4 Å². The van der Waals surface area contributed by atoms with Gasteiger partial charge in [-0.15, -0.1) is 11.1 Å². The van der Waals surface area contributed by atoms with Crippen molar-refractivity contribution < 1.29 is 18.9 Å². The summed E-state index contributed by atoms with van der Waals surface area (Å²) in [5.41, 5.74) is 19.8. The minimum atomic E-state index is -1.56. The number of anilines is 6. The Kier molecular flexibility index (Phi) is 17.1. The third-order valence-electron chi connectivity index (χ3n) is 12.0. The minimum absolute atomic E-state index is 0.773. The van der Waals surface area contributed by atoms with Gasteiger partial charge in [0.25, 0.3) is 0 Å². The predicted molar refractivity (Wildman–Crippen MR) is 322 cm³/mol. The van der Waals surface area contributed by atoms with Gasteiger partial charge in [0.05, 0.1) is 28.4 Å². The highest BCUT2D eigenvalue weighted by molar-refractivity contribution is 6.84. The third kappa shape index (κ3) is 14.2. The van der Waals surface area contributed by atoms with Crippen molar-refractivity contribution in [1.82, 2.24) is 0 Å². The number of methoxy groups -OCH3 is 4. The van der Waals surface area contributed by atoms with Crippen LogP contribution < -0.4 is 28.7 Å². The topological polar surface area (TPSA) is 43.4 Å². The van der Waals surface area contributed by atoms with E-state index < -0.39 is 16.1 Å². The summed E-state index contributed by atoms with van der Waals surface area (Å²) in [6.45, 7) is 13.5. The van der Waals surface area contributed by atoms with Crippen LogP contribution in [0.3, 0.4) is 0 Å². The maximum Gasteiger partial charge on any atom is 0.129 e. The Balaban J connectivity index is 1.31. The number of nitrogens with zero attached hydrogens (tertiary/aromatic N) is 2. The second kappa shape index (κ2) is 24.3. The molecule has 6 nitrogen and oxygen atoms in total. The zero-order chi connectivity index (χ0) is 53.7. The molecule has 8 aromatic carbocycles. The molecule has 0 spiro atoms. The summed E-state index contributed by atoms with van der Waals surface area (Å²) >= 11 is 0. The van der Waals surface area contributed by atoms with Gasteiger partial charge in [-0.05, 0) is 181 Å². The summed E-state index contributed by atoms with van der Waals surface area (Å²) in [5, 5.41) is 0. The minimum Gasteiger partial charge on any atom is -0.497 e. The second-order valence-corrected chi connectivity index (χ2v) is 29.5. The molecule has 0 unspecified atom stereocenters. The molecule has 0 N–H and O–H groups in total. The fraction of sp³-hybridized carbons (Fsp3) is 0.147.